The Bertz CT molecular complexity index is 247. The smallest absolute Gasteiger partial charge is 0.407 e. The zero-order valence-corrected chi connectivity index (χ0v) is 9.11. The molecule has 2 aliphatic heterocycles. The Hall–Kier alpha value is -0.810. The predicted molar refractivity (Wildman–Crippen MR) is 56.5 cm³/mol. The lowest BCUT2D eigenvalue weighted by Gasteiger charge is -2.35. The van der Waals surface area contributed by atoms with Gasteiger partial charge in [0.2, 0.25) is 0 Å². The van der Waals surface area contributed by atoms with Crippen LogP contribution in [0.4, 0.5) is 4.79 Å². The van der Waals surface area contributed by atoms with E-state index < -0.39 is 0 Å². The van der Waals surface area contributed by atoms with Crippen molar-refractivity contribution in [3.63, 3.8) is 0 Å². The minimum atomic E-state index is -0.297. The summed E-state index contributed by atoms with van der Waals surface area (Å²) in [5.74, 6) is 0.602. The van der Waals surface area contributed by atoms with Gasteiger partial charge in [0.15, 0.2) is 0 Å². The van der Waals surface area contributed by atoms with Crippen molar-refractivity contribution in [1.29, 1.82) is 0 Å². The number of nitrogens with one attached hydrogen (secondary N) is 1. The van der Waals surface area contributed by atoms with Gasteiger partial charge in [-0.1, -0.05) is 6.92 Å². The Labute approximate surface area is 89.9 Å². The van der Waals surface area contributed by atoms with Crippen LogP contribution in [0, 0.1) is 5.92 Å². The lowest BCUT2D eigenvalue weighted by atomic mass is 9.94. The number of likely N-dealkylation sites (tertiary alicyclic amines) is 1. The summed E-state index contributed by atoms with van der Waals surface area (Å²) >= 11 is 0. The highest BCUT2D eigenvalue weighted by atomic mass is 16.6. The lowest BCUT2D eigenvalue weighted by Crippen LogP contribution is -2.49. The Morgan fingerprint density at radius 3 is 3.07 bits per heavy atom. The van der Waals surface area contributed by atoms with Crippen molar-refractivity contribution in [1.82, 2.24) is 10.2 Å². The van der Waals surface area contributed by atoms with E-state index >= 15 is 0 Å². The highest BCUT2D eigenvalue weighted by molar-refractivity contribution is 5.69. The fourth-order valence-corrected chi connectivity index (χ4v) is 2.16. The molecule has 0 spiro atoms. The molecule has 3 unspecified atom stereocenters. The normalized spacial score (nSPS) is 37.5. The van der Waals surface area contributed by atoms with Crippen LogP contribution in [0.3, 0.4) is 0 Å². The third kappa shape index (κ3) is 2.60. The third-order valence-corrected chi connectivity index (χ3v) is 3.31. The van der Waals surface area contributed by atoms with Gasteiger partial charge in [0.25, 0.3) is 0 Å². The Morgan fingerprint density at radius 2 is 2.47 bits per heavy atom. The summed E-state index contributed by atoms with van der Waals surface area (Å²) in [4.78, 5) is 13.1. The van der Waals surface area contributed by atoms with Crippen molar-refractivity contribution in [3.05, 3.63) is 0 Å². The van der Waals surface area contributed by atoms with Crippen molar-refractivity contribution >= 4 is 6.09 Å². The maximum absolute atomic E-state index is 10.8. The second-order valence-electron chi connectivity index (χ2n) is 4.60. The van der Waals surface area contributed by atoms with Gasteiger partial charge in [0, 0.05) is 19.1 Å². The zero-order valence-electron chi connectivity index (χ0n) is 9.11. The molecule has 0 aromatic rings. The molecule has 15 heavy (non-hydrogen) atoms. The number of rotatable bonds is 2. The average Bonchev–Trinajstić information content (AvgIpc) is 2.58. The highest BCUT2D eigenvalue weighted by Gasteiger charge is 2.28. The molecule has 5 heteroatoms. The second-order valence-corrected chi connectivity index (χ2v) is 4.60. The number of cyclic esters (lactones) is 1. The molecule has 0 radical (unpaired) electrons. The van der Waals surface area contributed by atoms with Gasteiger partial charge in [-0.05, 0) is 18.9 Å². The van der Waals surface area contributed by atoms with Crippen molar-refractivity contribution in [3.8, 4) is 0 Å². The van der Waals surface area contributed by atoms with Crippen LogP contribution < -0.4 is 11.1 Å². The van der Waals surface area contributed by atoms with Crippen LogP contribution >= 0.6 is 0 Å². The molecule has 2 aliphatic rings. The summed E-state index contributed by atoms with van der Waals surface area (Å²) in [6.45, 7) is 5.59. The number of nitrogens with two attached hydrogens (primary N) is 1. The van der Waals surface area contributed by atoms with Crippen molar-refractivity contribution < 1.29 is 9.53 Å². The van der Waals surface area contributed by atoms with E-state index in [-0.39, 0.29) is 18.2 Å². The maximum atomic E-state index is 10.8. The number of hydrogen-bond acceptors (Lipinski definition) is 4. The van der Waals surface area contributed by atoms with E-state index in [0.717, 1.165) is 26.1 Å². The molecule has 0 aromatic heterocycles. The molecule has 5 nitrogen and oxygen atoms in total. The largest absolute Gasteiger partial charge is 0.443 e. The molecule has 86 valence electrons. The molecular weight excluding hydrogens is 194 g/mol. The van der Waals surface area contributed by atoms with Crippen LogP contribution in [-0.2, 0) is 4.74 Å². The first kappa shape index (κ1) is 10.7. The number of amides is 1. The molecule has 0 bridgehead atoms. The Morgan fingerprint density at radius 1 is 1.67 bits per heavy atom. The van der Waals surface area contributed by atoms with E-state index in [4.69, 9.17) is 10.5 Å². The van der Waals surface area contributed by atoms with Crippen molar-refractivity contribution in [2.24, 2.45) is 11.7 Å². The molecule has 2 rings (SSSR count). The minimum Gasteiger partial charge on any atom is -0.443 e. The average molecular weight is 213 g/mol. The van der Waals surface area contributed by atoms with E-state index in [0.29, 0.717) is 12.5 Å². The first-order valence-corrected chi connectivity index (χ1v) is 5.57. The number of hydrogen-bond donors (Lipinski definition) is 2. The molecule has 0 aliphatic carbocycles. The van der Waals surface area contributed by atoms with E-state index in [1.54, 1.807) is 0 Å². The molecule has 0 saturated carbocycles. The monoisotopic (exact) mass is 213 g/mol. The van der Waals surface area contributed by atoms with Gasteiger partial charge >= 0.3 is 6.09 Å². The number of ether oxygens (including phenoxy) is 1. The quantitative estimate of drug-likeness (QED) is 0.664. The van der Waals surface area contributed by atoms with Crippen LogP contribution in [0.1, 0.15) is 13.3 Å². The van der Waals surface area contributed by atoms with E-state index in [9.17, 15) is 4.79 Å². The molecule has 1 amide bonds. The van der Waals surface area contributed by atoms with E-state index in [2.05, 4.69) is 17.1 Å². The molecular formula is C10H19N3O2. The van der Waals surface area contributed by atoms with Gasteiger partial charge in [-0.15, -0.1) is 0 Å². The van der Waals surface area contributed by atoms with Gasteiger partial charge in [-0.3, -0.25) is 4.90 Å². The van der Waals surface area contributed by atoms with Crippen molar-refractivity contribution in [2.75, 3.05) is 26.2 Å². The Kier molecular flexibility index (Phi) is 3.11. The maximum Gasteiger partial charge on any atom is 0.407 e. The summed E-state index contributed by atoms with van der Waals surface area (Å²) < 4.78 is 5.09. The number of nitrogens with zero attached hydrogens (tertiary/aromatic N) is 1. The van der Waals surface area contributed by atoms with Crippen LogP contribution in [0.25, 0.3) is 0 Å². The lowest BCUT2D eigenvalue weighted by molar-refractivity contribution is 0.0868. The number of carbonyl (C=O) groups is 1. The first-order valence-electron chi connectivity index (χ1n) is 5.57. The van der Waals surface area contributed by atoms with E-state index in [1.807, 2.05) is 0 Å². The fourth-order valence-electron chi connectivity index (χ4n) is 2.16. The number of alkyl carbamates (subject to hydrolysis) is 1. The summed E-state index contributed by atoms with van der Waals surface area (Å²) in [6.07, 6.45) is 0.836. The summed E-state index contributed by atoms with van der Waals surface area (Å²) in [6, 6.07) is 0.254. The van der Waals surface area contributed by atoms with Crippen LogP contribution in [0.2, 0.25) is 0 Å². The Balaban J connectivity index is 1.78. The molecule has 3 N–H and O–H groups in total. The highest BCUT2D eigenvalue weighted by Crippen LogP contribution is 2.16. The molecule has 3 atom stereocenters. The van der Waals surface area contributed by atoms with Crippen LogP contribution in [-0.4, -0.2) is 49.3 Å². The van der Waals surface area contributed by atoms with Gasteiger partial charge in [-0.2, -0.15) is 0 Å². The summed E-state index contributed by atoms with van der Waals surface area (Å²) in [5, 5.41) is 2.66. The van der Waals surface area contributed by atoms with Gasteiger partial charge < -0.3 is 15.8 Å². The minimum absolute atomic E-state index is 0.00175. The summed E-state index contributed by atoms with van der Waals surface area (Å²) in [5.41, 5.74) is 6.01. The number of piperidine rings is 1. The predicted octanol–water partition coefficient (Wildman–Crippen LogP) is -0.236. The van der Waals surface area contributed by atoms with Crippen LogP contribution in [0.5, 0.6) is 0 Å². The van der Waals surface area contributed by atoms with Gasteiger partial charge in [-0.25, -0.2) is 4.79 Å². The van der Waals surface area contributed by atoms with E-state index in [1.165, 1.54) is 0 Å². The number of carbonyl (C=O) groups excluding carboxylic acids is 1. The first-order chi connectivity index (χ1) is 7.15. The fraction of sp³-hybridized carbons (Fsp3) is 0.900. The SMILES string of the molecule is CC1CCN(CC2CNC(=O)O2)CC1N. The van der Waals surface area contributed by atoms with Crippen LogP contribution in [0.15, 0.2) is 0 Å². The molecule has 2 fully saturated rings. The summed E-state index contributed by atoms with van der Waals surface area (Å²) in [7, 11) is 0. The molecule has 0 aromatic carbocycles. The van der Waals surface area contributed by atoms with Gasteiger partial charge in [0.1, 0.15) is 6.10 Å². The van der Waals surface area contributed by atoms with Crippen molar-refractivity contribution in [2.45, 2.75) is 25.5 Å². The van der Waals surface area contributed by atoms with Gasteiger partial charge in [0.05, 0.1) is 6.54 Å². The topological polar surface area (TPSA) is 67.6 Å². The second kappa shape index (κ2) is 4.37. The molecule has 2 saturated heterocycles. The third-order valence-electron chi connectivity index (χ3n) is 3.31. The molecule has 2 heterocycles. The standard InChI is InChI=1S/C10H19N3O2/c1-7-2-3-13(6-9(7)11)5-8-4-12-10(14)15-8/h7-9H,2-6,11H2,1H3,(H,12,14). The zero-order chi connectivity index (χ0) is 10.8.